The minimum atomic E-state index is -0.726. The average Bonchev–Trinajstić information content (AvgIpc) is 3.04. The van der Waals surface area contributed by atoms with Crippen molar-refractivity contribution in [2.75, 3.05) is 7.11 Å². The van der Waals surface area contributed by atoms with Gasteiger partial charge >= 0.3 is 5.97 Å². The molecular weight excluding hydrogens is 376 g/mol. The maximum Gasteiger partial charge on any atom is 0.337 e. The van der Waals surface area contributed by atoms with Crippen molar-refractivity contribution in [2.24, 2.45) is 4.99 Å². The van der Waals surface area contributed by atoms with Gasteiger partial charge in [-0.1, -0.05) is 35.6 Å². The smallest absolute Gasteiger partial charge is 0.337 e. The quantitative estimate of drug-likeness (QED) is 0.472. The molecule has 1 atom stereocenters. The van der Waals surface area contributed by atoms with Gasteiger partial charge < -0.3 is 14.0 Å². The van der Waals surface area contributed by atoms with Crippen LogP contribution in [0.4, 0.5) is 0 Å². The molecule has 0 saturated carbocycles. The lowest BCUT2D eigenvalue weighted by molar-refractivity contribution is -0.124. The summed E-state index contributed by atoms with van der Waals surface area (Å²) in [6.45, 7) is 5.92. The van der Waals surface area contributed by atoms with Crippen LogP contribution in [0, 0.1) is 0 Å². The number of para-hydroxylation sites is 1. The zero-order chi connectivity index (χ0) is 20.1. The monoisotopic (exact) mass is 396 g/mol. The first-order valence-corrected chi connectivity index (χ1v) is 9.48. The molecule has 0 radical (unpaired) electrons. The summed E-state index contributed by atoms with van der Waals surface area (Å²) in [6.07, 6.45) is 1.00. The molecule has 6 nitrogen and oxygen atoms in total. The number of carbonyl (C=O) groups excluding carboxylic acids is 2. The van der Waals surface area contributed by atoms with Crippen LogP contribution in [-0.2, 0) is 16.1 Å². The van der Waals surface area contributed by atoms with Crippen LogP contribution in [0.5, 0.6) is 5.75 Å². The SMILES string of the molecule is C=CCn1c(=NC(=O)C(C)Oc2ccccc2)sc2cc(C(=O)OC)ccc21. The van der Waals surface area contributed by atoms with Crippen molar-refractivity contribution in [1.29, 1.82) is 0 Å². The third kappa shape index (κ3) is 4.20. The van der Waals surface area contributed by atoms with Crippen molar-refractivity contribution < 1.29 is 19.1 Å². The van der Waals surface area contributed by atoms with Crippen LogP contribution in [0.15, 0.2) is 66.2 Å². The summed E-state index contributed by atoms with van der Waals surface area (Å²) < 4.78 is 13.1. The standard InChI is InChI=1S/C21H20N2O4S/c1-4-12-23-17-11-10-15(20(25)26-3)13-18(17)28-21(23)22-19(24)14(2)27-16-8-6-5-7-9-16/h4-11,13-14H,1,12H2,2-3H3. The number of allylic oxidation sites excluding steroid dienone is 1. The van der Waals surface area contributed by atoms with Crippen molar-refractivity contribution in [2.45, 2.75) is 19.6 Å². The summed E-state index contributed by atoms with van der Waals surface area (Å²) in [5, 5.41) is 0. The van der Waals surface area contributed by atoms with E-state index in [1.54, 1.807) is 37.3 Å². The van der Waals surface area contributed by atoms with Crippen LogP contribution < -0.4 is 9.54 Å². The van der Waals surface area contributed by atoms with Crippen molar-refractivity contribution in [3.05, 3.63) is 71.6 Å². The first-order chi connectivity index (χ1) is 13.5. The number of nitrogens with zero attached hydrogens (tertiary/aromatic N) is 2. The summed E-state index contributed by atoms with van der Waals surface area (Å²) in [6, 6.07) is 14.4. The Morgan fingerprint density at radius 2 is 2.00 bits per heavy atom. The Morgan fingerprint density at radius 1 is 1.25 bits per heavy atom. The van der Waals surface area contributed by atoms with E-state index in [2.05, 4.69) is 11.6 Å². The first kappa shape index (κ1) is 19.6. The van der Waals surface area contributed by atoms with Gasteiger partial charge in [-0.05, 0) is 37.3 Å². The van der Waals surface area contributed by atoms with Gasteiger partial charge in [-0.3, -0.25) is 4.79 Å². The molecule has 0 N–H and O–H groups in total. The Hall–Kier alpha value is -3.19. The van der Waals surface area contributed by atoms with Gasteiger partial charge in [0.2, 0.25) is 0 Å². The van der Waals surface area contributed by atoms with Gasteiger partial charge in [-0.25, -0.2) is 4.79 Å². The number of rotatable bonds is 6. The number of carbonyl (C=O) groups is 2. The highest BCUT2D eigenvalue weighted by Gasteiger charge is 2.16. The maximum atomic E-state index is 12.6. The fourth-order valence-corrected chi connectivity index (χ4v) is 3.73. The third-order valence-electron chi connectivity index (χ3n) is 4.03. The molecule has 0 spiro atoms. The zero-order valence-corrected chi connectivity index (χ0v) is 16.4. The largest absolute Gasteiger partial charge is 0.481 e. The second-order valence-electron chi connectivity index (χ2n) is 5.98. The highest BCUT2D eigenvalue weighted by molar-refractivity contribution is 7.16. The summed E-state index contributed by atoms with van der Waals surface area (Å²) in [5.74, 6) is -0.192. The van der Waals surface area contributed by atoms with Crippen LogP contribution in [0.2, 0.25) is 0 Å². The van der Waals surface area contributed by atoms with E-state index >= 15 is 0 Å². The maximum absolute atomic E-state index is 12.6. The molecule has 3 aromatic rings. The molecule has 144 valence electrons. The molecule has 3 rings (SSSR count). The number of amides is 1. The minimum Gasteiger partial charge on any atom is -0.481 e. The van der Waals surface area contributed by atoms with Crippen molar-refractivity contribution in [3.63, 3.8) is 0 Å². The van der Waals surface area contributed by atoms with E-state index in [0.717, 1.165) is 10.2 Å². The Bertz CT molecular complexity index is 1080. The van der Waals surface area contributed by atoms with Crippen molar-refractivity contribution in [1.82, 2.24) is 4.57 Å². The Kier molecular flexibility index (Phi) is 6.06. The molecule has 1 heterocycles. The highest BCUT2D eigenvalue weighted by atomic mass is 32.1. The van der Waals surface area contributed by atoms with E-state index in [4.69, 9.17) is 9.47 Å². The summed E-state index contributed by atoms with van der Waals surface area (Å²) in [5.41, 5.74) is 1.31. The minimum absolute atomic E-state index is 0.388. The van der Waals surface area contributed by atoms with Gasteiger partial charge in [0.15, 0.2) is 10.9 Å². The molecule has 0 saturated heterocycles. The number of esters is 1. The van der Waals surface area contributed by atoms with Crippen LogP contribution >= 0.6 is 11.3 Å². The number of benzene rings is 2. The number of hydrogen-bond acceptors (Lipinski definition) is 5. The van der Waals surface area contributed by atoms with E-state index in [0.29, 0.717) is 22.7 Å². The highest BCUT2D eigenvalue weighted by Crippen LogP contribution is 2.20. The van der Waals surface area contributed by atoms with Crippen molar-refractivity contribution >= 4 is 33.4 Å². The number of fused-ring (bicyclic) bond motifs is 1. The van der Waals surface area contributed by atoms with E-state index in [1.165, 1.54) is 18.4 Å². The molecule has 0 aliphatic carbocycles. The van der Waals surface area contributed by atoms with E-state index < -0.39 is 12.1 Å². The molecule has 0 fully saturated rings. The zero-order valence-electron chi connectivity index (χ0n) is 15.6. The normalized spacial score (nSPS) is 12.6. The molecule has 28 heavy (non-hydrogen) atoms. The second-order valence-corrected chi connectivity index (χ2v) is 6.99. The van der Waals surface area contributed by atoms with Crippen LogP contribution in [-0.4, -0.2) is 29.7 Å². The number of methoxy groups -OCH3 is 1. The van der Waals surface area contributed by atoms with Crippen LogP contribution in [0.3, 0.4) is 0 Å². The fourth-order valence-electron chi connectivity index (χ4n) is 2.65. The number of hydrogen-bond donors (Lipinski definition) is 0. The molecule has 1 amide bonds. The van der Waals surface area contributed by atoms with E-state index in [-0.39, 0.29) is 5.91 Å². The molecule has 0 aliphatic rings. The molecule has 0 aliphatic heterocycles. The van der Waals surface area contributed by atoms with Crippen LogP contribution in [0.1, 0.15) is 17.3 Å². The molecule has 2 aromatic carbocycles. The first-order valence-electron chi connectivity index (χ1n) is 8.66. The van der Waals surface area contributed by atoms with Crippen LogP contribution in [0.25, 0.3) is 10.2 Å². The number of thiazole rings is 1. The fraction of sp³-hybridized carbons (Fsp3) is 0.190. The molecule has 1 unspecified atom stereocenters. The van der Waals surface area contributed by atoms with Gasteiger partial charge in [0.25, 0.3) is 5.91 Å². The predicted molar refractivity (Wildman–Crippen MR) is 108 cm³/mol. The number of ether oxygens (including phenoxy) is 2. The number of aromatic nitrogens is 1. The predicted octanol–water partition coefficient (Wildman–Crippen LogP) is 3.57. The summed E-state index contributed by atoms with van der Waals surface area (Å²) in [4.78, 5) is 29.1. The van der Waals surface area contributed by atoms with Gasteiger partial charge in [0, 0.05) is 6.54 Å². The summed E-state index contributed by atoms with van der Waals surface area (Å²) >= 11 is 1.32. The lowest BCUT2D eigenvalue weighted by Gasteiger charge is -2.10. The van der Waals surface area contributed by atoms with Gasteiger partial charge in [-0.15, -0.1) is 6.58 Å². The topological polar surface area (TPSA) is 69.9 Å². The van der Waals surface area contributed by atoms with Gasteiger partial charge in [0.1, 0.15) is 5.75 Å². The second kappa shape index (κ2) is 8.67. The lowest BCUT2D eigenvalue weighted by Crippen LogP contribution is -2.25. The summed E-state index contributed by atoms with van der Waals surface area (Å²) in [7, 11) is 1.34. The molecule has 0 bridgehead atoms. The Balaban J connectivity index is 1.97. The van der Waals surface area contributed by atoms with E-state index in [1.807, 2.05) is 28.8 Å². The van der Waals surface area contributed by atoms with Gasteiger partial charge in [0.05, 0.1) is 22.9 Å². The van der Waals surface area contributed by atoms with E-state index in [9.17, 15) is 9.59 Å². The average molecular weight is 396 g/mol. The Morgan fingerprint density at radius 3 is 2.68 bits per heavy atom. The molecular formula is C21H20N2O4S. The van der Waals surface area contributed by atoms with Gasteiger partial charge in [-0.2, -0.15) is 4.99 Å². The van der Waals surface area contributed by atoms with Crippen molar-refractivity contribution in [3.8, 4) is 5.75 Å². The molecule has 7 heteroatoms. The molecule has 1 aromatic heterocycles. The third-order valence-corrected chi connectivity index (χ3v) is 5.07. The Labute approximate surface area is 166 Å². The lowest BCUT2D eigenvalue weighted by atomic mass is 10.2.